The van der Waals surface area contributed by atoms with Gasteiger partial charge in [0.05, 0.1) is 44.4 Å². The van der Waals surface area contributed by atoms with Crippen LogP contribution in [0.5, 0.6) is 0 Å². The Morgan fingerprint density at radius 1 is 0.755 bits per heavy atom. The molecule has 2 aromatic heterocycles. The minimum absolute atomic E-state index is 0.0398. The fourth-order valence-electron chi connectivity index (χ4n) is 4.89. The molecule has 0 atom stereocenters. The van der Waals surface area contributed by atoms with E-state index in [1.54, 1.807) is 54.6 Å². The van der Waals surface area contributed by atoms with Gasteiger partial charge in [0.25, 0.3) is 0 Å². The van der Waals surface area contributed by atoms with Gasteiger partial charge in [-0.2, -0.15) is 0 Å². The number of nitrogens with one attached hydrogen (secondary N) is 2. The van der Waals surface area contributed by atoms with Crippen LogP contribution in [0.3, 0.4) is 0 Å². The van der Waals surface area contributed by atoms with Gasteiger partial charge in [-0.15, -0.1) is 0 Å². The quantitative estimate of drug-likeness (QED) is 0.103. The predicted molar refractivity (Wildman–Crippen MR) is 209 cm³/mol. The van der Waals surface area contributed by atoms with Crippen molar-refractivity contribution in [2.75, 3.05) is 39.9 Å². The van der Waals surface area contributed by atoms with Gasteiger partial charge in [-0.25, -0.2) is 14.4 Å². The van der Waals surface area contributed by atoms with Crippen LogP contribution in [0, 0.1) is 0 Å². The van der Waals surface area contributed by atoms with Gasteiger partial charge in [-0.05, 0) is 119 Å². The first kappa shape index (κ1) is 43.7. The Morgan fingerprint density at radius 3 is 1.79 bits per heavy atom. The van der Waals surface area contributed by atoms with Gasteiger partial charge < -0.3 is 33.8 Å². The van der Waals surface area contributed by atoms with Crippen LogP contribution in [-0.2, 0) is 41.8 Å². The Morgan fingerprint density at radius 2 is 1.26 bits per heavy atom. The van der Waals surface area contributed by atoms with Crippen LogP contribution in [0.25, 0.3) is 21.8 Å². The first-order valence-electron chi connectivity index (χ1n) is 15.5. The van der Waals surface area contributed by atoms with Crippen molar-refractivity contribution in [2.45, 2.75) is 19.3 Å². The molecule has 3 aromatic carbocycles. The van der Waals surface area contributed by atoms with E-state index in [2.05, 4.69) is 58.2 Å². The summed E-state index contributed by atoms with van der Waals surface area (Å²) in [5.74, 6) is -1.10. The molecule has 1 fully saturated rings. The maximum atomic E-state index is 11.3. The summed E-state index contributed by atoms with van der Waals surface area (Å²) in [6, 6.07) is 19.2. The van der Waals surface area contributed by atoms with Crippen molar-refractivity contribution in [3.05, 3.63) is 99.3 Å². The Kier molecular flexibility index (Phi) is 17.0. The van der Waals surface area contributed by atoms with Crippen LogP contribution < -0.4 is 5.32 Å². The van der Waals surface area contributed by atoms with Crippen molar-refractivity contribution in [1.29, 1.82) is 0 Å². The maximum Gasteiger partial charge on any atom is 0.339 e. The number of anilines is 1. The van der Waals surface area contributed by atoms with Crippen LogP contribution >= 0.6 is 62.1 Å². The molecule has 1 saturated heterocycles. The normalized spacial score (nSPS) is 12.7. The fraction of sp³-hybridized carbons (Fsp3) is 0.257. The minimum atomic E-state index is -3.22. The molecule has 4 heterocycles. The van der Waals surface area contributed by atoms with Crippen molar-refractivity contribution in [3.8, 4) is 0 Å². The Hall–Kier alpha value is -3.74. The molecule has 0 saturated carbocycles. The number of ether oxygens (including phenoxy) is 4. The molecule has 284 valence electrons. The molecule has 2 aliphatic heterocycles. The molecule has 7 rings (SSSR count). The van der Waals surface area contributed by atoms with Crippen molar-refractivity contribution in [3.63, 3.8) is 0 Å². The summed E-state index contributed by atoms with van der Waals surface area (Å²) in [6.07, 6.45) is 2.89. The van der Waals surface area contributed by atoms with Gasteiger partial charge in [0.15, 0.2) is 0 Å². The number of amides is 1. The maximum absolute atomic E-state index is 11.3. The summed E-state index contributed by atoms with van der Waals surface area (Å²) in [6.45, 7) is 2.00. The largest absolute Gasteiger partial charge is 0.465 e. The van der Waals surface area contributed by atoms with Gasteiger partial charge in [0.1, 0.15) is 10.3 Å². The van der Waals surface area contributed by atoms with Crippen molar-refractivity contribution < 1.29 is 42.7 Å². The molecule has 5 aromatic rings. The van der Waals surface area contributed by atoms with Crippen LogP contribution in [0.4, 0.5) is 5.69 Å². The van der Waals surface area contributed by atoms with Crippen LogP contribution in [-0.4, -0.2) is 67.9 Å². The van der Waals surface area contributed by atoms with E-state index in [9.17, 15) is 23.7 Å². The molecule has 0 spiro atoms. The van der Waals surface area contributed by atoms with E-state index in [0.29, 0.717) is 33.4 Å². The first-order valence-corrected chi connectivity index (χ1v) is 20.7. The lowest BCUT2D eigenvalue weighted by atomic mass is 10.1. The SMILES string of the molecule is C1CCOC1.COC(=O)c1ccc2[nH]c(Cl)cc2c1.COC(=O)c1ccc2c(c1)CC(=O)N2.COC(=O)c1ccc2c(c1)cc(Cl)n2C.O=P(Cl)(Cl)Cl. The highest BCUT2D eigenvalue weighted by atomic mass is 36.0. The summed E-state index contributed by atoms with van der Waals surface area (Å²) in [7, 11) is 5.93. The summed E-state index contributed by atoms with van der Waals surface area (Å²) >= 11 is 25.6. The number of aryl methyl sites for hydroxylation is 1. The number of carbonyl (C=O) groups is 4. The third-order valence-corrected chi connectivity index (χ3v) is 7.96. The highest BCUT2D eigenvalue weighted by Gasteiger charge is 2.19. The standard InChI is InChI=1S/C11H10ClNO2.C10H8ClNO2.C10H9NO3.C4H8O.Cl3OP/c1-13-9-4-3-7(11(14)15-2)5-8(9)6-10(13)12;1-14-10(13)6-2-3-8-7(4-6)5-9(11)12-8;1-14-10(13)6-2-3-8-7(4-6)5-9(12)11-8;1-2-4-5-3-1;1-5(2,3)4/h3-6H,1-2H3;2-5,12H,1H3;2-4H,5H2,1H3,(H,11,12);1-4H2;. The van der Waals surface area contributed by atoms with Gasteiger partial charge in [-0.3, -0.25) is 9.36 Å². The second kappa shape index (κ2) is 20.6. The molecule has 53 heavy (non-hydrogen) atoms. The first-order chi connectivity index (χ1) is 25.0. The lowest BCUT2D eigenvalue weighted by Crippen LogP contribution is -2.03. The number of nitrogens with zero attached hydrogens (tertiary/aromatic N) is 1. The second-order valence-corrected chi connectivity index (χ2v) is 18.4. The lowest BCUT2D eigenvalue weighted by molar-refractivity contribution is -0.115. The zero-order chi connectivity index (χ0) is 39.3. The van der Waals surface area contributed by atoms with Crippen molar-refractivity contribution >= 4 is 113 Å². The van der Waals surface area contributed by atoms with Gasteiger partial charge >= 0.3 is 23.1 Å². The number of rotatable bonds is 3. The molecule has 0 radical (unpaired) electrons. The third-order valence-electron chi connectivity index (χ3n) is 7.39. The van der Waals surface area contributed by atoms with E-state index in [-0.39, 0.29) is 23.8 Å². The van der Waals surface area contributed by atoms with Crippen LogP contribution in [0.15, 0.2) is 66.7 Å². The number of esters is 3. The Bertz CT molecular complexity index is 2110. The summed E-state index contributed by atoms with van der Waals surface area (Å²) in [5, 5.41) is 2.51. The van der Waals surface area contributed by atoms with Crippen molar-refractivity contribution in [2.24, 2.45) is 7.05 Å². The van der Waals surface area contributed by atoms with E-state index < -0.39 is 5.20 Å². The average molecular weight is 850 g/mol. The topological polar surface area (TPSA) is 155 Å². The number of fused-ring (bicyclic) bond motifs is 3. The summed E-state index contributed by atoms with van der Waals surface area (Å²) in [5.41, 5.74) is 5.06. The van der Waals surface area contributed by atoms with Gasteiger partial charge in [-0.1, -0.05) is 23.2 Å². The van der Waals surface area contributed by atoms with E-state index in [4.69, 9.17) is 27.9 Å². The number of aromatic nitrogens is 2. The number of H-pyrrole nitrogens is 1. The number of benzene rings is 3. The zero-order valence-corrected chi connectivity index (χ0v) is 33.5. The molecular weight excluding hydrogens is 815 g/mol. The number of carbonyl (C=O) groups excluding carboxylic acids is 4. The molecule has 0 aliphatic carbocycles. The average Bonchev–Trinajstić information content (AvgIpc) is 3.94. The molecule has 2 N–H and O–H groups in total. The van der Waals surface area contributed by atoms with E-state index in [1.807, 2.05) is 23.7 Å². The summed E-state index contributed by atoms with van der Waals surface area (Å²) in [4.78, 5) is 47.6. The highest BCUT2D eigenvalue weighted by molar-refractivity contribution is 8.24. The zero-order valence-electron chi connectivity index (χ0n) is 28.8. The summed E-state index contributed by atoms with van der Waals surface area (Å²) < 4.78 is 30.1. The Balaban J connectivity index is 0.000000189. The van der Waals surface area contributed by atoms with E-state index in [1.165, 1.54) is 34.2 Å². The number of hydrogen-bond acceptors (Lipinski definition) is 9. The molecule has 1 amide bonds. The van der Waals surface area contributed by atoms with E-state index >= 15 is 0 Å². The number of hydrogen-bond donors (Lipinski definition) is 2. The van der Waals surface area contributed by atoms with Crippen LogP contribution in [0.1, 0.15) is 49.5 Å². The molecular formula is C35H35Cl5N3O9P. The van der Waals surface area contributed by atoms with Gasteiger partial charge in [0.2, 0.25) is 5.91 Å². The van der Waals surface area contributed by atoms with Crippen LogP contribution in [0.2, 0.25) is 10.3 Å². The molecule has 0 bridgehead atoms. The second-order valence-electron chi connectivity index (χ2n) is 11.0. The predicted octanol–water partition coefficient (Wildman–Crippen LogP) is 9.80. The Labute approximate surface area is 329 Å². The fourth-order valence-corrected chi connectivity index (χ4v) is 5.32. The van der Waals surface area contributed by atoms with Crippen molar-refractivity contribution in [1.82, 2.24) is 9.55 Å². The minimum Gasteiger partial charge on any atom is -0.465 e. The van der Waals surface area contributed by atoms with E-state index in [0.717, 1.165) is 46.3 Å². The monoisotopic (exact) mass is 847 g/mol. The molecule has 2 aliphatic rings. The highest BCUT2D eigenvalue weighted by Crippen LogP contribution is 2.61. The lowest BCUT2D eigenvalue weighted by Gasteiger charge is -2.01. The smallest absolute Gasteiger partial charge is 0.339 e. The molecule has 12 nitrogen and oxygen atoms in total. The van der Waals surface area contributed by atoms with Gasteiger partial charge in [0, 0.05) is 47.8 Å². The number of methoxy groups -OCH3 is 3. The molecule has 0 unspecified atom stereocenters. The third kappa shape index (κ3) is 13.9. The number of halogens is 5. The number of aromatic amines is 1. The molecule has 18 heteroatoms.